The molecule has 0 aliphatic rings. The number of benzene rings is 2. The summed E-state index contributed by atoms with van der Waals surface area (Å²) in [6, 6.07) is 12.4. The van der Waals surface area contributed by atoms with E-state index in [1.54, 1.807) is 18.2 Å². The van der Waals surface area contributed by atoms with E-state index in [4.69, 9.17) is 15.2 Å². The number of hydrogen-bond donors (Lipinski definition) is 2. The van der Waals surface area contributed by atoms with Gasteiger partial charge in [-0.2, -0.15) is 0 Å². The number of carbonyl (C=O) groups is 2. The lowest BCUT2D eigenvalue weighted by Crippen LogP contribution is -2.20. The van der Waals surface area contributed by atoms with Crippen LogP contribution in [0.15, 0.2) is 42.5 Å². The molecule has 0 unspecified atom stereocenters. The monoisotopic (exact) mass is 328 g/mol. The summed E-state index contributed by atoms with van der Waals surface area (Å²) in [6.07, 6.45) is 0.892. The van der Waals surface area contributed by atoms with Crippen molar-refractivity contribution in [2.75, 3.05) is 19.0 Å². The van der Waals surface area contributed by atoms with Crippen LogP contribution in [0.1, 0.15) is 22.8 Å². The molecule has 0 fully saturated rings. The zero-order valence-corrected chi connectivity index (χ0v) is 13.7. The molecule has 0 bridgehead atoms. The predicted molar refractivity (Wildman–Crippen MR) is 91.5 cm³/mol. The van der Waals surface area contributed by atoms with Gasteiger partial charge in [-0.15, -0.1) is 0 Å². The maximum absolute atomic E-state index is 12.4. The number of primary amides is 1. The van der Waals surface area contributed by atoms with E-state index in [1.807, 2.05) is 24.3 Å². The topological polar surface area (TPSA) is 90.6 Å². The third-order valence-corrected chi connectivity index (χ3v) is 3.39. The van der Waals surface area contributed by atoms with Crippen molar-refractivity contribution in [3.63, 3.8) is 0 Å². The molecule has 0 saturated carbocycles. The molecule has 6 nitrogen and oxygen atoms in total. The summed E-state index contributed by atoms with van der Waals surface area (Å²) in [5.41, 5.74) is 7.34. The van der Waals surface area contributed by atoms with Gasteiger partial charge >= 0.3 is 0 Å². The summed E-state index contributed by atoms with van der Waals surface area (Å²) in [5, 5.41) is 2.84. The first-order chi connectivity index (χ1) is 11.5. The Labute approximate surface area is 140 Å². The van der Waals surface area contributed by atoms with Crippen LogP contribution >= 0.6 is 0 Å². The Kier molecular flexibility index (Phi) is 5.78. The lowest BCUT2D eigenvalue weighted by molar-refractivity contribution is -0.119. The smallest absolute Gasteiger partial charge is 0.255 e. The maximum atomic E-state index is 12.4. The highest BCUT2D eigenvalue weighted by Gasteiger charge is 2.12. The standard InChI is InChI=1S/C18H20N2O4/c1-3-12-5-4-6-14(9-12)20-18(22)13-7-8-15(16(10-13)23-2)24-11-17(19)21/h4-10H,3,11H2,1-2H3,(H2,19,21)(H,20,22). The highest BCUT2D eigenvalue weighted by molar-refractivity contribution is 6.04. The normalized spacial score (nSPS) is 10.1. The predicted octanol–water partition coefficient (Wildman–Crippen LogP) is 2.37. The number of methoxy groups -OCH3 is 1. The van der Waals surface area contributed by atoms with Crippen LogP contribution in [0.5, 0.6) is 11.5 Å². The van der Waals surface area contributed by atoms with Gasteiger partial charge < -0.3 is 20.5 Å². The molecule has 0 heterocycles. The molecule has 3 N–H and O–H groups in total. The first kappa shape index (κ1) is 17.3. The van der Waals surface area contributed by atoms with Crippen LogP contribution < -0.4 is 20.5 Å². The number of nitrogens with two attached hydrogens (primary N) is 1. The van der Waals surface area contributed by atoms with Crippen LogP contribution in [-0.2, 0) is 11.2 Å². The second-order valence-electron chi connectivity index (χ2n) is 5.13. The van der Waals surface area contributed by atoms with Gasteiger partial charge in [0.15, 0.2) is 18.1 Å². The van der Waals surface area contributed by atoms with E-state index in [2.05, 4.69) is 12.2 Å². The zero-order valence-electron chi connectivity index (χ0n) is 13.7. The molecular formula is C18H20N2O4. The van der Waals surface area contributed by atoms with Gasteiger partial charge in [-0.05, 0) is 42.3 Å². The molecule has 2 rings (SSSR count). The maximum Gasteiger partial charge on any atom is 0.255 e. The van der Waals surface area contributed by atoms with Gasteiger partial charge in [0.25, 0.3) is 11.8 Å². The Balaban J connectivity index is 2.15. The van der Waals surface area contributed by atoms with E-state index in [0.717, 1.165) is 17.7 Å². The second-order valence-corrected chi connectivity index (χ2v) is 5.13. The summed E-state index contributed by atoms with van der Waals surface area (Å²) in [6.45, 7) is 1.79. The number of anilines is 1. The third kappa shape index (κ3) is 4.49. The number of ether oxygens (including phenoxy) is 2. The number of hydrogen-bond acceptors (Lipinski definition) is 4. The number of nitrogens with one attached hydrogen (secondary N) is 1. The second kappa shape index (κ2) is 8.01. The van der Waals surface area contributed by atoms with Crippen LogP contribution in [0.3, 0.4) is 0 Å². The summed E-state index contributed by atoms with van der Waals surface area (Å²) < 4.78 is 10.4. The van der Waals surface area contributed by atoms with Crippen molar-refractivity contribution in [3.8, 4) is 11.5 Å². The van der Waals surface area contributed by atoms with E-state index in [-0.39, 0.29) is 12.5 Å². The minimum atomic E-state index is -0.588. The van der Waals surface area contributed by atoms with Crippen molar-refractivity contribution >= 4 is 17.5 Å². The average Bonchev–Trinajstić information content (AvgIpc) is 2.59. The first-order valence-corrected chi connectivity index (χ1v) is 7.53. The quantitative estimate of drug-likeness (QED) is 0.816. The van der Waals surface area contributed by atoms with Crippen molar-refractivity contribution < 1.29 is 19.1 Å². The minimum Gasteiger partial charge on any atom is -0.493 e. The van der Waals surface area contributed by atoms with Gasteiger partial charge in [0.1, 0.15) is 0 Å². The molecule has 0 aliphatic heterocycles. The molecule has 0 aliphatic carbocycles. The van der Waals surface area contributed by atoms with E-state index in [1.165, 1.54) is 7.11 Å². The molecule has 6 heteroatoms. The van der Waals surface area contributed by atoms with E-state index < -0.39 is 5.91 Å². The Morgan fingerprint density at radius 1 is 1.12 bits per heavy atom. The van der Waals surface area contributed by atoms with Gasteiger partial charge in [-0.3, -0.25) is 9.59 Å². The highest BCUT2D eigenvalue weighted by Crippen LogP contribution is 2.28. The first-order valence-electron chi connectivity index (χ1n) is 7.53. The molecule has 0 spiro atoms. The summed E-state index contributed by atoms with van der Waals surface area (Å²) in [5.74, 6) is -0.148. The van der Waals surface area contributed by atoms with Crippen molar-refractivity contribution in [1.29, 1.82) is 0 Å². The summed E-state index contributed by atoms with van der Waals surface area (Å²) in [7, 11) is 1.46. The molecule has 0 radical (unpaired) electrons. The van der Waals surface area contributed by atoms with Crippen LogP contribution in [0.4, 0.5) is 5.69 Å². The van der Waals surface area contributed by atoms with E-state index >= 15 is 0 Å². The van der Waals surface area contributed by atoms with Crippen molar-refractivity contribution in [3.05, 3.63) is 53.6 Å². The van der Waals surface area contributed by atoms with Gasteiger partial charge in [0.05, 0.1) is 7.11 Å². The van der Waals surface area contributed by atoms with Gasteiger partial charge in [-0.25, -0.2) is 0 Å². The Hall–Kier alpha value is -3.02. The fraction of sp³-hybridized carbons (Fsp3) is 0.222. The lowest BCUT2D eigenvalue weighted by atomic mass is 10.1. The molecule has 0 aromatic heterocycles. The Morgan fingerprint density at radius 2 is 1.92 bits per heavy atom. The number of carbonyl (C=O) groups excluding carboxylic acids is 2. The molecule has 126 valence electrons. The van der Waals surface area contributed by atoms with Crippen molar-refractivity contribution in [2.45, 2.75) is 13.3 Å². The SMILES string of the molecule is CCc1cccc(NC(=O)c2ccc(OCC(N)=O)c(OC)c2)c1. The average molecular weight is 328 g/mol. The van der Waals surface area contributed by atoms with E-state index in [0.29, 0.717) is 17.1 Å². The summed E-state index contributed by atoms with van der Waals surface area (Å²) in [4.78, 5) is 23.2. The summed E-state index contributed by atoms with van der Waals surface area (Å²) >= 11 is 0. The van der Waals surface area contributed by atoms with Gasteiger partial charge in [-0.1, -0.05) is 19.1 Å². The number of rotatable bonds is 7. The Morgan fingerprint density at radius 3 is 2.58 bits per heavy atom. The largest absolute Gasteiger partial charge is 0.493 e. The molecular weight excluding hydrogens is 308 g/mol. The zero-order chi connectivity index (χ0) is 17.5. The minimum absolute atomic E-state index is 0.258. The molecule has 0 saturated heterocycles. The molecule has 2 amide bonds. The molecule has 2 aromatic carbocycles. The lowest BCUT2D eigenvalue weighted by Gasteiger charge is -2.12. The van der Waals surface area contributed by atoms with Gasteiger partial charge in [0, 0.05) is 11.3 Å². The van der Waals surface area contributed by atoms with Crippen molar-refractivity contribution in [2.24, 2.45) is 5.73 Å². The highest BCUT2D eigenvalue weighted by atomic mass is 16.5. The van der Waals surface area contributed by atoms with Crippen LogP contribution in [0.25, 0.3) is 0 Å². The van der Waals surface area contributed by atoms with Crippen LogP contribution in [-0.4, -0.2) is 25.5 Å². The molecule has 0 atom stereocenters. The number of amides is 2. The van der Waals surface area contributed by atoms with Crippen LogP contribution in [0, 0.1) is 0 Å². The fourth-order valence-corrected chi connectivity index (χ4v) is 2.15. The Bertz CT molecular complexity index is 744. The molecule has 2 aromatic rings. The van der Waals surface area contributed by atoms with E-state index in [9.17, 15) is 9.59 Å². The van der Waals surface area contributed by atoms with Crippen LogP contribution in [0.2, 0.25) is 0 Å². The van der Waals surface area contributed by atoms with Gasteiger partial charge in [0.2, 0.25) is 0 Å². The molecule has 24 heavy (non-hydrogen) atoms. The number of aryl methyl sites for hydroxylation is 1. The fourth-order valence-electron chi connectivity index (χ4n) is 2.15. The van der Waals surface area contributed by atoms with Crippen molar-refractivity contribution in [1.82, 2.24) is 0 Å². The third-order valence-electron chi connectivity index (χ3n) is 3.39.